The van der Waals surface area contributed by atoms with Gasteiger partial charge in [-0.05, 0) is 57.1 Å². The Balaban J connectivity index is 1.56. The SMILES string of the molecule is CN(C)CC(Cc1cccc(F)c1)NC(=O)c1cc2c(s1)CCCn1ncc(Cl)c1-2. The second-order valence-corrected chi connectivity index (χ2v) is 9.43. The van der Waals surface area contributed by atoms with Crippen LogP contribution in [0.5, 0.6) is 0 Å². The van der Waals surface area contributed by atoms with Gasteiger partial charge in [0, 0.05) is 29.6 Å². The topological polar surface area (TPSA) is 50.2 Å². The molecule has 1 aliphatic heterocycles. The largest absolute Gasteiger partial charge is 0.347 e. The molecule has 1 aliphatic rings. The molecule has 3 heterocycles. The highest BCUT2D eigenvalue weighted by atomic mass is 35.5. The Hall–Kier alpha value is -2.22. The summed E-state index contributed by atoms with van der Waals surface area (Å²) in [5.41, 5.74) is 2.75. The smallest absolute Gasteiger partial charge is 0.261 e. The number of carbonyl (C=O) groups is 1. The molecular formula is C22H24ClFN4OS. The van der Waals surface area contributed by atoms with Gasteiger partial charge in [-0.25, -0.2) is 4.39 Å². The Morgan fingerprint density at radius 2 is 2.23 bits per heavy atom. The van der Waals surface area contributed by atoms with Crippen molar-refractivity contribution in [3.8, 4) is 11.3 Å². The van der Waals surface area contributed by atoms with Crippen LogP contribution in [0, 0.1) is 5.82 Å². The number of nitrogens with zero attached hydrogens (tertiary/aromatic N) is 3. The second-order valence-electron chi connectivity index (χ2n) is 7.88. The van der Waals surface area contributed by atoms with Crippen molar-refractivity contribution in [3.63, 3.8) is 0 Å². The van der Waals surface area contributed by atoms with Gasteiger partial charge in [-0.2, -0.15) is 5.10 Å². The first-order valence-electron chi connectivity index (χ1n) is 9.95. The Morgan fingerprint density at radius 1 is 1.40 bits per heavy atom. The van der Waals surface area contributed by atoms with Crippen LogP contribution in [-0.2, 0) is 19.4 Å². The standard InChI is InChI=1S/C22H24ClFN4OS/c1-27(2)13-16(10-14-5-3-6-15(24)9-14)26-22(29)20-11-17-19(30-20)7-4-8-28-21(17)18(23)12-25-28/h3,5-6,9,11-12,16H,4,7-8,10,13H2,1-2H3,(H,26,29). The maximum absolute atomic E-state index is 13.6. The molecule has 0 saturated carbocycles. The summed E-state index contributed by atoms with van der Waals surface area (Å²) in [6.07, 6.45) is 4.08. The predicted molar refractivity (Wildman–Crippen MR) is 119 cm³/mol. The van der Waals surface area contributed by atoms with Crippen molar-refractivity contribution in [3.05, 3.63) is 62.7 Å². The van der Waals surface area contributed by atoms with Crippen LogP contribution in [0.4, 0.5) is 4.39 Å². The normalized spacial score (nSPS) is 14.2. The highest BCUT2D eigenvalue weighted by Gasteiger charge is 2.24. The zero-order valence-corrected chi connectivity index (χ0v) is 18.6. The molecular weight excluding hydrogens is 423 g/mol. The quantitative estimate of drug-likeness (QED) is 0.615. The van der Waals surface area contributed by atoms with Gasteiger partial charge in [-0.15, -0.1) is 11.3 Å². The highest BCUT2D eigenvalue weighted by Crippen LogP contribution is 2.38. The molecule has 1 aromatic carbocycles. The van der Waals surface area contributed by atoms with E-state index >= 15 is 0 Å². The summed E-state index contributed by atoms with van der Waals surface area (Å²) in [7, 11) is 3.92. The van der Waals surface area contributed by atoms with Crippen LogP contribution in [0.2, 0.25) is 5.02 Å². The number of aromatic nitrogens is 2. The van der Waals surface area contributed by atoms with E-state index in [9.17, 15) is 9.18 Å². The number of halogens is 2. The van der Waals surface area contributed by atoms with Crippen LogP contribution in [-0.4, -0.2) is 47.3 Å². The molecule has 0 fully saturated rings. The molecule has 30 heavy (non-hydrogen) atoms. The third-order valence-corrected chi connectivity index (χ3v) is 6.62. The number of likely N-dealkylation sites (N-methyl/N-ethyl adjacent to an activating group) is 1. The molecule has 4 rings (SSSR count). The van der Waals surface area contributed by atoms with E-state index in [4.69, 9.17) is 11.6 Å². The van der Waals surface area contributed by atoms with Gasteiger partial charge < -0.3 is 10.2 Å². The molecule has 0 bridgehead atoms. The van der Waals surface area contributed by atoms with Crippen LogP contribution in [0.1, 0.15) is 26.5 Å². The van der Waals surface area contributed by atoms with Crippen LogP contribution in [0.15, 0.2) is 36.5 Å². The number of nitrogens with one attached hydrogen (secondary N) is 1. The fraction of sp³-hybridized carbons (Fsp3) is 0.364. The molecule has 0 saturated heterocycles. The maximum atomic E-state index is 13.6. The van der Waals surface area contributed by atoms with E-state index in [1.807, 2.05) is 35.8 Å². The van der Waals surface area contributed by atoms with E-state index in [2.05, 4.69) is 10.4 Å². The van der Waals surface area contributed by atoms with E-state index in [-0.39, 0.29) is 17.8 Å². The van der Waals surface area contributed by atoms with Crippen LogP contribution in [0.3, 0.4) is 0 Å². The number of benzene rings is 1. The number of rotatable bonds is 6. The maximum Gasteiger partial charge on any atom is 0.261 e. The van der Waals surface area contributed by atoms with Crippen molar-refractivity contribution >= 4 is 28.8 Å². The van der Waals surface area contributed by atoms with Crippen molar-refractivity contribution in [1.82, 2.24) is 20.0 Å². The summed E-state index contributed by atoms with van der Waals surface area (Å²) in [5.74, 6) is -0.378. The third-order valence-electron chi connectivity index (χ3n) is 5.15. The Labute approximate surface area is 184 Å². The third kappa shape index (κ3) is 4.58. The zero-order chi connectivity index (χ0) is 21.3. The molecule has 1 N–H and O–H groups in total. The lowest BCUT2D eigenvalue weighted by Crippen LogP contribution is -2.43. The fourth-order valence-electron chi connectivity index (χ4n) is 3.92. The number of hydrogen-bond donors (Lipinski definition) is 1. The Morgan fingerprint density at radius 3 is 3.00 bits per heavy atom. The average molecular weight is 447 g/mol. The molecule has 158 valence electrons. The minimum absolute atomic E-state index is 0.112. The first kappa shape index (κ1) is 21.0. The van der Waals surface area contributed by atoms with Gasteiger partial charge in [0.1, 0.15) is 5.82 Å². The number of hydrogen-bond acceptors (Lipinski definition) is 4. The molecule has 3 aromatic rings. The molecule has 0 spiro atoms. The van der Waals surface area contributed by atoms with Gasteiger partial charge in [0.15, 0.2) is 0 Å². The molecule has 5 nitrogen and oxygen atoms in total. The van der Waals surface area contributed by atoms with E-state index in [1.165, 1.54) is 23.5 Å². The van der Waals surface area contributed by atoms with Gasteiger partial charge in [-0.1, -0.05) is 23.7 Å². The summed E-state index contributed by atoms with van der Waals surface area (Å²) in [5, 5.41) is 8.11. The van der Waals surface area contributed by atoms with E-state index in [0.29, 0.717) is 22.9 Å². The van der Waals surface area contributed by atoms with Gasteiger partial charge in [0.25, 0.3) is 5.91 Å². The fourth-order valence-corrected chi connectivity index (χ4v) is 5.27. The van der Waals surface area contributed by atoms with Gasteiger partial charge >= 0.3 is 0 Å². The van der Waals surface area contributed by atoms with Crippen molar-refractivity contribution in [2.45, 2.75) is 31.8 Å². The molecule has 1 unspecified atom stereocenters. The first-order valence-corrected chi connectivity index (χ1v) is 11.1. The van der Waals surface area contributed by atoms with Crippen molar-refractivity contribution in [2.75, 3.05) is 20.6 Å². The van der Waals surface area contributed by atoms with Crippen molar-refractivity contribution in [2.24, 2.45) is 0 Å². The van der Waals surface area contributed by atoms with Crippen LogP contribution < -0.4 is 5.32 Å². The van der Waals surface area contributed by atoms with Crippen LogP contribution in [0.25, 0.3) is 11.3 Å². The molecule has 0 aliphatic carbocycles. The molecule has 8 heteroatoms. The summed E-state index contributed by atoms with van der Waals surface area (Å²) in [4.78, 5) is 16.9. The van der Waals surface area contributed by atoms with Crippen LogP contribution >= 0.6 is 22.9 Å². The van der Waals surface area contributed by atoms with Gasteiger partial charge in [0.2, 0.25) is 0 Å². The zero-order valence-electron chi connectivity index (χ0n) is 17.0. The number of aryl methyl sites for hydroxylation is 2. The second kappa shape index (κ2) is 8.88. The monoisotopic (exact) mass is 446 g/mol. The molecule has 2 aromatic heterocycles. The van der Waals surface area contributed by atoms with E-state index < -0.39 is 0 Å². The number of fused-ring (bicyclic) bond motifs is 3. The lowest BCUT2D eigenvalue weighted by Gasteiger charge is -2.22. The highest BCUT2D eigenvalue weighted by molar-refractivity contribution is 7.14. The number of thiophene rings is 1. The predicted octanol–water partition coefficient (Wildman–Crippen LogP) is 4.25. The summed E-state index contributed by atoms with van der Waals surface area (Å²) < 4.78 is 15.5. The van der Waals surface area contributed by atoms with E-state index in [1.54, 1.807) is 12.3 Å². The van der Waals surface area contributed by atoms with E-state index in [0.717, 1.165) is 41.1 Å². The molecule has 1 amide bonds. The lowest BCUT2D eigenvalue weighted by molar-refractivity contribution is 0.0934. The summed E-state index contributed by atoms with van der Waals surface area (Å²) in [6, 6.07) is 8.32. The number of amides is 1. The van der Waals surface area contributed by atoms with Crippen molar-refractivity contribution < 1.29 is 9.18 Å². The molecule has 1 atom stereocenters. The van der Waals surface area contributed by atoms with Crippen molar-refractivity contribution in [1.29, 1.82) is 0 Å². The average Bonchev–Trinajstić information content (AvgIpc) is 3.20. The minimum atomic E-state index is -0.266. The first-order chi connectivity index (χ1) is 14.4. The number of carbonyl (C=O) groups excluding carboxylic acids is 1. The Kier molecular flexibility index (Phi) is 6.22. The Bertz CT molecular complexity index is 1060. The summed E-state index contributed by atoms with van der Waals surface area (Å²) >= 11 is 7.89. The lowest BCUT2D eigenvalue weighted by atomic mass is 10.1. The minimum Gasteiger partial charge on any atom is -0.347 e. The van der Waals surface area contributed by atoms with Gasteiger partial charge in [-0.3, -0.25) is 9.48 Å². The van der Waals surface area contributed by atoms with Gasteiger partial charge in [0.05, 0.1) is 21.8 Å². The molecule has 0 radical (unpaired) electrons. The summed E-state index contributed by atoms with van der Waals surface area (Å²) in [6.45, 7) is 1.48.